The van der Waals surface area contributed by atoms with E-state index in [1.807, 2.05) is 5.32 Å². The van der Waals surface area contributed by atoms with E-state index in [1.54, 1.807) is 0 Å². The lowest BCUT2D eigenvalue weighted by Gasteiger charge is -2.51. The molecule has 256 valence electrons. The molecule has 0 aliphatic carbocycles. The third kappa shape index (κ3) is 6.97. The lowest BCUT2D eigenvalue weighted by atomic mass is 9.86. The minimum Gasteiger partial charge on any atom is -0.477 e. The molecule has 21 heteroatoms. The number of rotatable bonds is 11. The van der Waals surface area contributed by atoms with E-state index in [9.17, 15) is 70.9 Å². The van der Waals surface area contributed by atoms with E-state index in [1.165, 1.54) is 0 Å². The topological polar surface area (TPSA) is 335 Å². The zero-order chi connectivity index (χ0) is 33.3. The minimum absolute atomic E-state index is 0.917. The van der Waals surface area contributed by atoms with Crippen molar-refractivity contribution in [3.05, 3.63) is 0 Å². The predicted octanol–water partition coefficient (Wildman–Crippen LogP) is -8.28. The fourth-order valence-corrected chi connectivity index (χ4v) is 5.16. The largest absolute Gasteiger partial charge is 0.477 e. The summed E-state index contributed by atoms with van der Waals surface area (Å²) in [7, 11) is 0. The Morgan fingerprint density at radius 2 is 1.50 bits per heavy atom. The van der Waals surface area contributed by atoms with Crippen LogP contribution in [0.5, 0.6) is 0 Å². The first-order chi connectivity index (χ1) is 20.6. The van der Waals surface area contributed by atoms with Gasteiger partial charge in [-0.05, 0) is 0 Å². The molecule has 3 heterocycles. The van der Waals surface area contributed by atoms with Gasteiger partial charge < -0.3 is 90.3 Å². The third-order valence-corrected chi connectivity index (χ3v) is 7.55. The molecule has 3 fully saturated rings. The van der Waals surface area contributed by atoms with Crippen LogP contribution >= 0.6 is 0 Å². The van der Waals surface area contributed by atoms with Crippen LogP contribution in [0.3, 0.4) is 0 Å². The second-order valence-electron chi connectivity index (χ2n) is 10.5. The summed E-state index contributed by atoms with van der Waals surface area (Å²) in [6.45, 7) is -2.22. The van der Waals surface area contributed by atoms with Crippen LogP contribution in [-0.2, 0) is 33.3 Å². The highest BCUT2D eigenvalue weighted by Gasteiger charge is 2.65. The Kier molecular flexibility index (Phi) is 12.3. The van der Waals surface area contributed by atoms with Gasteiger partial charge in [-0.1, -0.05) is 0 Å². The van der Waals surface area contributed by atoms with Gasteiger partial charge in [0.05, 0.1) is 25.9 Å². The molecule has 0 aromatic carbocycles. The normalized spacial score (nSPS) is 46.2. The average molecular weight is 652 g/mol. The average Bonchev–Trinajstić information content (AvgIpc) is 2.98. The Bertz CT molecular complexity index is 980. The Balaban J connectivity index is 1.99. The maximum atomic E-state index is 15.8. The number of aliphatic carboxylic acids is 1. The van der Waals surface area contributed by atoms with E-state index in [0.29, 0.717) is 0 Å². The molecule has 0 saturated carbocycles. The van der Waals surface area contributed by atoms with E-state index in [4.69, 9.17) is 23.7 Å². The first kappa shape index (κ1) is 36.7. The van der Waals surface area contributed by atoms with Crippen LogP contribution in [0.15, 0.2) is 0 Å². The van der Waals surface area contributed by atoms with Crippen molar-refractivity contribution in [2.24, 2.45) is 0 Å². The number of hydrogen-bond acceptors (Lipinski definition) is 18. The number of carboxylic acids is 1. The highest BCUT2D eigenvalue weighted by Crippen LogP contribution is 2.39. The maximum absolute atomic E-state index is 15.8. The monoisotopic (exact) mass is 651 g/mol. The van der Waals surface area contributed by atoms with Crippen molar-refractivity contribution in [1.82, 2.24) is 5.32 Å². The zero-order valence-electron chi connectivity index (χ0n) is 23.0. The van der Waals surface area contributed by atoms with Crippen molar-refractivity contribution in [1.29, 1.82) is 0 Å². The number of amides is 1. The second-order valence-corrected chi connectivity index (χ2v) is 10.5. The van der Waals surface area contributed by atoms with Crippen LogP contribution < -0.4 is 5.32 Å². The van der Waals surface area contributed by atoms with Gasteiger partial charge in [0.25, 0.3) is 0 Å². The number of alkyl halides is 1. The van der Waals surface area contributed by atoms with Gasteiger partial charge in [-0.2, -0.15) is 0 Å². The summed E-state index contributed by atoms with van der Waals surface area (Å²) in [4.78, 5) is 24.2. The van der Waals surface area contributed by atoms with Crippen molar-refractivity contribution in [2.75, 3.05) is 19.8 Å². The maximum Gasteiger partial charge on any atom is 0.367 e. The highest BCUT2D eigenvalue weighted by molar-refractivity contribution is 5.77. The Hall–Kier alpha value is -1.77. The molecule has 9 unspecified atom stereocenters. The van der Waals surface area contributed by atoms with Gasteiger partial charge in [0.1, 0.15) is 73.2 Å². The Morgan fingerprint density at radius 3 is 2.02 bits per heavy atom. The van der Waals surface area contributed by atoms with Gasteiger partial charge in [-0.3, -0.25) is 4.79 Å². The van der Waals surface area contributed by atoms with Gasteiger partial charge in [0.2, 0.25) is 5.91 Å². The van der Waals surface area contributed by atoms with Crippen molar-refractivity contribution in [3.63, 3.8) is 0 Å². The first-order valence-corrected chi connectivity index (χ1v) is 13.3. The molecule has 0 radical (unpaired) electrons. The number of hydrogen-bond donors (Lipinski definition) is 13. The highest BCUT2D eigenvalue weighted by atomic mass is 19.1. The van der Waals surface area contributed by atoms with Crippen LogP contribution in [0.25, 0.3) is 0 Å². The third-order valence-electron chi connectivity index (χ3n) is 7.55. The number of ether oxygens (including phenoxy) is 5. The molecule has 3 saturated heterocycles. The molecule has 3 aliphatic rings. The lowest BCUT2D eigenvalue weighted by molar-refractivity contribution is -0.394. The smallest absolute Gasteiger partial charge is 0.367 e. The summed E-state index contributed by atoms with van der Waals surface area (Å²) in [6.07, 6.45) is -32.4. The Morgan fingerprint density at radius 1 is 0.886 bits per heavy atom. The molecule has 3 aliphatic heterocycles. The van der Waals surface area contributed by atoms with E-state index in [0.717, 1.165) is 6.92 Å². The summed E-state index contributed by atoms with van der Waals surface area (Å²) in [5, 5.41) is 124. The summed E-state index contributed by atoms with van der Waals surface area (Å²) >= 11 is 0. The molecule has 44 heavy (non-hydrogen) atoms. The van der Waals surface area contributed by atoms with Crippen LogP contribution in [0.4, 0.5) is 4.39 Å². The van der Waals surface area contributed by atoms with E-state index >= 15 is 4.39 Å². The molecule has 13 N–H and O–H groups in total. The van der Waals surface area contributed by atoms with Gasteiger partial charge in [0, 0.05) is 6.92 Å². The standard InChI is InChI=1S/C23H38FNO19/c1-5(29)25-9-12(33)19(24)23(22(38)39,43-17(9)10(31)6(30)2-26)44-18-11(32)7(3-27)41-21(15(18)36)42-16-8(4-28)40-20(37)14(35)13(16)34/h6-21,26-28,30-37H,2-4H2,1H3,(H,25,29)(H,38,39)/t6-,7?,8?,9-,10-,11+,12?,13?,14?,15?,16-,17?,18?,19?,20-,21+,23+/m1/s1. The van der Waals surface area contributed by atoms with E-state index in [-0.39, 0.29) is 0 Å². The molecule has 20 nitrogen and oxygen atoms in total. The van der Waals surface area contributed by atoms with Crippen molar-refractivity contribution >= 4 is 11.9 Å². The summed E-state index contributed by atoms with van der Waals surface area (Å²) in [5.74, 6) is -7.00. The van der Waals surface area contributed by atoms with E-state index in [2.05, 4.69) is 0 Å². The van der Waals surface area contributed by atoms with E-state index < -0.39 is 136 Å². The molecule has 1 amide bonds. The fraction of sp³-hybridized carbons (Fsp3) is 0.913. The quantitative estimate of drug-likeness (QED) is 0.0986. The van der Waals surface area contributed by atoms with Gasteiger partial charge in [0.15, 0.2) is 18.8 Å². The van der Waals surface area contributed by atoms with Crippen LogP contribution in [0, 0.1) is 0 Å². The number of halogens is 1. The lowest BCUT2D eigenvalue weighted by Crippen LogP contribution is -2.75. The predicted molar refractivity (Wildman–Crippen MR) is 130 cm³/mol. The summed E-state index contributed by atoms with van der Waals surface area (Å²) in [6, 6.07) is -1.94. The molecule has 17 atom stereocenters. The van der Waals surface area contributed by atoms with Gasteiger partial charge in [-0.25, -0.2) is 9.18 Å². The number of aliphatic hydroxyl groups excluding tert-OH is 11. The summed E-state index contributed by atoms with van der Waals surface area (Å²) < 4.78 is 42.0. The zero-order valence-corrected chi connectivity index (χ0v) is 23.0. The van der Waals surface area contributed by atoms with Gasteiger partial charge in [-0.15, -0.1) is 0 Å². The molecule has 0 bridgehead atoms. The van der Waals surface area contributed by atoms with Crippen molar-refractivity contribution in [2.45, 2.75) is 111 Å². The molecule has 0 spiro atoms. The van der Waals surface area contributed by atoms with Crippen molar-refractivity contribution in [3.8, 4) is 0 Å². The number of nitrogens with one attached hydrogen (secondary N) is 1. The summed E-state index contributed by atoms with van der Waals surface area (Å²) in [5.41, 5.74) is 0. The molecular formula is C23H38FNO19. The number of carbonyl (C=O) groups is 2. The fourth-order valence-electron chi connectivity index (χ4n) is 5.16. The number of carbonyl (C=O) groups excluding carboxylic acids is 1. The Labute approximate surface area is 247 Å². The molecule has 0 aromatic heterocycles. The molecule has 0 aromatic rings. The van der Waals surface area contributed by atoms with Crippen LogP contribution in [-0.4, -0.2) is 197 Å². The van der Waals surface area contributed by atoms with Gasteiger partial charge >= 0.3 is 11.8 Å². The van der Waals surface area contributed by atoms with Crippen LogP contribution in [0.2, 0.25) is 0 Å². The SMILES string of the molecule is CC(=O)N[C@@H]1C(O)C(F)[C@](OC2C(O)[C@H](O[C@@H]3C(CO)O[C@@H](O)C(O)C3O)OC(CO)[C@@H]2O)(C(=O)O)OC1[C@H](O)[C@H](O)CO. The van der Waals surface area contributed by atoms with Crippen LogP contribution in [0.1, 0.15) is 6.92 Å². The van der Waals surface area contributed by atoms with Crippen molar-refractivity contribution < 1.29 is 98.9 Å². The second kappa shape index (κ2) is 14.8. The first-order valence-electron chi connectivity index (χ1n) is 13.3. The molecule has 3 rings (SSSR count). The minimum atomic E-state index is -3.73. The number of aliphatic hydroxyl groups is 11. The number of carboxylic acid groups (broad SMARTS) is 1. The molecular weight excluding hydrogens is 613 g/mol.